The zero-order chi connectivity index (χ0) is 15.8. The van der Waals surface area contributed by atoms with Crippen LogP contribution in [0.5, 0.6) is 0 Å². The van der Waals surface area contributed by atoms with E-state index in [4.69, 9.17) is 28.9 Å². The van der Waals surface area contributed by atoms with Gasteiger partial charge in [0.25, 0.3) is 10.0 Å². The fourth-order valence-electron chi connectivity index (χ4n) is 1.77. The molecule has 21 heavy (non-hydrogen) atoms. The van der Waals surface area contributed by atoms with Crippen molar-refractivity contribution in [2.24, 2.45) is 0 Å². The highest BCUT2D eigenvalue weighted by Crippen LogP contribution is 2.35. The van der Waals surface area contributed by atoms with Crippen molar-refractivity contribution in [3.63, 3.8) is 0 Å². The van der Waals surface area contributed by atoms with Crippen molar-refractivity contribution in [2.75, 3.05) is 17.1 Å². The first-order valence-corrected chi connectivity index (χ1v) is 7.92. The van der Waals surface area contributed by atoms with Crippen LogP contribution in [0.15, 0.2) is 41.3 Å². The number of halogens is 3. The van der Waals surface area contributed by atoms with Crippen LogP contribution in [0.3, 0.4) is 0 Å². The third-order valence-electron chi connectivity index (χ3n) is 2.81. The summed E-state index contributed by atoms with van der Waals surface area (Å²) in [5.74, 6) is -0.552. The average Bonchev–Trinajstić information content (AvgIpc) is 2.36. The molecular weight excluding hydrogens is 338 g/mol. The number of hydrogen-bond acceptors (Lipinski definition) is 3. The molecule has 0 aromatic heterocycles. The molecule has 0 aliphatic heterocycles. The van der Waals surface area contributed by atoms with E-state index in [0.717, 1.165) is 10.4 Å². The number of rotatable bonds is 3. The molecule has 2 aromatic rings. The standard InChI is InChI=1S/C13H11Cl2FN2O2S/c1-18(10-4-2-3-8(16)5-10)21(19,20)13-11(14)6-9(17)7-12(13)15/h2-7H,17H2,1H3. The van der Waals surface area contributed by atoms with Crippen molar-refractivity contribution in [3.05, 3.63) is 52.3 Å². The van der Waals surface area contributed by atoms with Gasteiger partial charge in [-0.05, 0) is 30.3 Å². The molecule has 112 valence electrons. The SMILES string of the molecule is CN(c1cccc(F)c1)S(=O)(=O)c1c(Cl)cc(N)cc1Cl. The first-order valence-electron chi connectivity index (χ1n) is 5.72. The molecule has 0 radical (unpaired) electrons. The molecule has 0 bridgehead atoms. The number of anilines is 2. The molecule has 2 aromatic carbocycles. The van der Waals surface area contributed by atoms with E-state index in [9.17, 15) is 12.8 Å². The van der Waals surface area contributed by atoms with Crippen LogP contribution in [-0.2, 0) is 10.0 Å². The number of sulfonamides is 1. The van der Waals surface area contributed by atoms with E-state index < -0.39 is 15.8 Å². The van der Waals surface area contributed by atoms with E-state index in [0.29, 0.717) is 0 Å². The Labute approximate surface area is 131 Å². The predicted octanol–water partition coefficient (Wildman–Crippen LogP) is 3.54. The molecule has 0 unspecified atom stereocenters. The number of nitrogens with zero attached hydrogens (tertiary/aromatic N) is 1. The summed E-state index contributed by atoms with van der Waals surface area (Å²) in [6.07, 6.45) is 0. The summed E-state index contributed by atoms with van der Waals surface area (Å²) >= 11 is 11.9. The van der Waals surface area contributed by atoms with Gasteiger partial charge < -0.3 is 5.73 Å². The van der Waals surface area contributed by atoms with Gasteiger partial charge in [-0.2, -0.15) is 0 Å². The maximum Gasteiger partial charge on any atom is 0.267 e. The molecule has 0 amide bonds. The number of nitrogen functional groups attached to an aromatic ring is 1. The Morgan fingerprint density at radius 3 is 2.24 bits per heavy atom. The van der Waals surface area contributed by atoms with Crippen LogP contribution < -0.4 is 10.0 Å². The molecule has 2 N–H and O–H groups in total. The van der Waals surface area contributed by atoms with E-state index >= 15 is 0 Å². The second kappa shape index (κ2) is 5.71. The molecule has 0 aliphatic rings. The Balaban J connectivity index is 2.57. The summed E-state index contributed by atoms with van der Waals surface area (Å²) in [6, 6.07) is 7.76. The fourth-order valence-corrected chi connectivity index (χ4v) is 4.14. The topological polar surface area (TPSA) is 63.4 Å². The fraction of sp³-hybridized carbons (Fsp3) is 0.0769. The first-order chi connectivity index (χ1) is 9.73. The van der Waals surface area contributed by atoms with Gasteiger partial charge in [0.05, 0.1) is 15.7 Å². The largest absolute Gasteiger partial charge is 0.399 e. The maximum atomic E-state index is 13.2. The third-order valence-corrected chi connectivity index (χ3v) is 5.52. The van der Waals surface area contributed by atoms with Crippen molar-refractivity contribution in [1.82, 2.24) is 0 Å². The van der Waals surface area contributed by atoms with Crippen molar-refractivity contribution in [1.29, 1.82) is 0 Å². The van der Waals surface area contributed by atoms with Crippen LogP contribution in [0.25, 0.3) is 0 Å². The third kappa shape index (κ3) is 3.07. The van der Waals surface area contributed by atoms with Crippen molar-refractivity contribution in [2.45, 2.75) is 4.90 Å². The van der Waals surface area contributed by atoms with Crippen LogP contribution in [0.1, 0.15) is 0 Å². The monoisotopic (exact) mass is 348 g/mol. The lowest BCUT2D eigenvalue weighted by molar-refractivity contribution is 0.594. The van der Waals surface area contributed by atoms with Gasteiger partial charge in [-0.1, -0.05) is 29.3 Å². The molecule has 0 aliphatic carbocycles. The lowest BCUT2D eigenvalue weighted by atomic mass is 10.3. The first kappa shape index (κ1) is 15.9. The Hall–Kier alpha value is -1.50. The zero-order valence-corrected chi connectivity index (χ0v) is 13.2. The van der Waals surface area contributed by atoms with E-state index in [2.05, 4.69) is 0 Å². The molecule has 0 heterocycles. The molecule has 0 atom stereocenters. The molecule has 0 spiro atoms. The van der Waals surface area contributed by atoms with E-state index in [1.807, 2.05) is 0 Å². The van der Waals surface area contributed by atoms with Crippen molar-refractivity contribution < 1.29 is 12.8 Å². The lowest BCUT2D eigenvalue weighted by Gasteiger charge is -2.21. The van der Waals surface area contributed by atoms with Crippen molar-refractivity contribution in [3.8, 4) is 0 Å². The van der Waals surface area contributed by atoms with Crippen LogP contribution >= 0.6 is 23.2 Å². The van der Waals surface area contributed by atoms with E-state index in [-0.39, 0.29) is 26.3 Å². The minimum absolute atomic E-state index is 0.0942. The van der Waals surface area contributed by atoms with Gasteiger partial charge in [0.1, 0.15) is 10.7 Å². The van der Waals surface area contributed by atoms with Gasteiger partial charge in [-0.3, -0.25) is 4.31 Å². The maximum absolute atomic E-state index is 13.2. The van der Waals surface area contributed by atoms with Gasteiger partial charge in [0.15, 0.2) is 0 Å². The molecule has 0 fully saturated rings. The minimum atomic E-state index is -4.04. The second-order valence-corrected chi connectivity index (χ2v) is 6.99. The Kier molecular flexibility index (Phi) is 4.32. The number of benzene rings is 2. The van der Waals surface area contributed by atoms with Crippen LogP contribution in [0.4, 0.5) is 15.8 Å². The minimum Gasteiger partial charge on any atom is -0.399 e. The van der Waals surface area contributed by atoms with Crippen LogP contribution in [0.2, 0.25) is 10.0 Å². The average molecular weight is 349 g/mol. The molecule has 0 saturated carbocycles. The smallest absolute Gasteiger partial charge is 0.267 e. The summed E-state index contributed by atoms with van der Waals surface area (Å²) in [7, 11) is -2.75. The Morgan fingerprint density at radius 1 is 1.14 bits per heavy atom. The highest BCUT2D eigenvalue weighted by molar-refractivity contribution is 7.93. The number of nitrogens with two attached hydrogens (primary N) is 1. The van der Waals surface area contributed by atoms with Crippen molar-refractivity contribution >= 4 is 44.6 Å². The van der Waals surface area contributed by atoms with Gasteiger partial charge in [-0.15, -0.1) is 0 Å². The molecule has 4 nitrogen and oxygen atoms in total. The van der Waals surface area contributed by atoms with Gasteiger partial charge in [0.2, 0.25) is 0 Å². The summed E-state index contributed by atoms with van der Waals surface area (Å²) in [4.78, 5) is -0.271. The van der Waals surface area contributed by atoms with Crippen LogP contribution in [0, 0.1) is 5.82 Å². The summed E-state index contributed by atoms with van der Waals surface area (Å²) in [5, 5.41) is -0.188. The molecule has 8 heteroatoms. The number of hydrogen-bond donors (Lipinski definition) is 1. The second-order valence-electron chi connectivity index (χ2n) is 4.27. The summed E-state index contributed by atoms with van der Waals surface area (Å²) < 4.78 is 39.3. The molecular formula is C13H11Cl2FN2O2S. The predicted molar refractivity (Wildman–Crippen MR) is 82.9 cm³/mol. The van der Waals surface area contributed by atoms with E-state index in [1.54, 1.807) is 0 Å². The summed E-state index contributed by atoms with van der Waals surface area (Å²) in [6.45, 7) is 0. The lowest BCUT2D eigenvalue weighted by Crippen LogP contribution is -2.27. The summed E-state index contributed by atoms with van der Waals surface area (Å²) in [5.41, 5.74) is 5.95. The molecule has 0 saturated heterocycles. The molecule has 2 rings (SSSR count). The van der Waals surface area contributed by atoms with E-state index in [1.165, 1.54) is 37.4 Å². The normalized spacial score (nSPS) is 11.4. The highest BCUT2D eigenvalue weighted by atomic mass is 35.5. The van der Waals surface area contributed by atoms with Gasteiger partial charge in [-0.25, -0.2) is 12.8 Å². The quantitative estimate of drug-likeness (QED) is 0.862. The highest BCUT2D eigenvalue weighted by Gasteiger charge is 2.27. The van der Waals surface area contributed by atoms with Crippen LogP contribution in [-0.4, -0.2) is 15.5 Å². The van der Waals surface area contributed by atoms with Gasteiger partial charge in [0, 0.05) is 12.7 Å². The van der Waals surface area contributed by atoms with Gasteiger partial charge >= 0.3 is 0 Å². The zero-order valence-electron chi connectivity index (χ0n) is 10.8. The Morgan fingerprint density at radius 2 is 1.71 bits per heavy atom. The Bertz CT molecular complexity index is 774.